The monoisotopic (exact) mass is 257 g/mol. The molecule has 2 rings (SSSR count). The lowest BCUT2D eigenvalue weighted by Gasteiger charge is -2.33. The molecule has 1 aromatic carbocycles. The topological polar surface area (TPSA) is 49.6 Å². The second-order valence-electron chi connectivity index (χ2n) is 4.84. The number of hydrogen-bond acceptors (Lipinski definition) is 3. The average molecular weight is 257 g/mol. The van der Waals surface area contributed by atoms with Crippen LogP contribution >= 0.6 is 0 Å². The maximum absolute atomic E-state index is 12.3. The summed E-state index contributed by atoms with van der Waals surface area (Å²) in [5.74, 6) is 2.68. The van der Waals surface area contributed by atoms with Crippen LogP contribution in [0.25, 0.3) is 0 Å². The molecule has 1 fully saturated rings. The van der Waals surface area contributed by atoms with Gasteiger partial charge in [0, 0.05) is 37.4 Å². The number of rotatable bonds is 2. The van der Waals surface area contributed by atoms with Gasteiger partial charge < -0.3 is 10.6 Å². The van der Waals surface area contributed by atoms with E-state index in [1.165, 1.54) is 0 Å². The average Bonchev–Trinajstić information content (AvgIpc) is 2.42. The number of carbonyl (C=O) groups is 1. The van der Waals surface area contributed by atoms with E-state index in [4.69, 9.17) is 12.2 Å². The minimum atomic E-state index is 0.0482. The largest absolute Gasteiger partial charge is 0.398 e. The number of benzene rings is 1. The molecule has 1 amide bonds. The molecule has 1 saturated heterocycles. The Bertz CT molecular complexity index is 511. The summed E-state index contributed by atoms with van der Waals surface area (Å²) in [5.41, 5.74) is 8.17. The van der Waals surface area contributed by atoms with Gasteiger partial charge in [-0.05, 0) is 24.6 Å². The van der Waals surface area contributed by atoms with Crippen molar-refractivity contribution in [2.75, 3.05) is 38.5 Å². The molecule has 0 atom stereocenters. The van der Waals surface area contributed by atoms with Crippen LogP contribution in [-0.2, 0) is 0 Å². The van der Waals surface area contributed by atoms with E-state index < -0.39 is 0 Å². The Kier molecular flexibility index (Phi) is 4.08. The normalized spacial score (nSPS) is 16.1. The molecule has 0 aliphatic carbocycles. The summed E-state index contributed by atoms with van der Waals surface area (Å²) in [6.07, 6.45) is 5.29. The Balaban J connectivity index is 2.01. The number of hydrogen-bond donors (Lipinski definition) is 1. The zero-order valence-electron chi connectivity index (χ0n) is 11.2. The Hall–Kier alpha value is -1.99. The van der Waals surface area contributed by atoms with Crippen LogP contribution in [0.1, 0.15) is 15.9 Å². The van der Waals surface area contributed by atoms with Gasteiger partial charge in [-0.15, -0.1) is 6.42 Å². The molecule has 2 N–H and O–H groups in total. The minimum Gasteiger partial charge on any atom is -0.398 e. The van der Waals surface area contributed by atoms with E-state index in [1.807, 2.05) is 24.0 Å². The van der Waals surface area contributed by atoms with Crippen LogP contribution in [0.2, 0.25) is 0 Å². The van der Waals surface area contributed by atoms with Crippen molar-refractivity contribution in [3.8, 4) is 12.3 Å². The molecule has 0 spiro atoms. The minimum absolute atomic E-state index is 0.0482. The van der Waals surface area contributed by atoms with Gasteiger partial charge in [-0.25, -0.2) is 0 Å². The van der Waals surface area contributed by atoms with Crippen molar-refractivity contribution in [1.29, 1.82) is 0 Å². The number of amides is 1. The van der Waals surface area contributed by atoms with Gasteiger partial charge in [0.15, 0.2) is 0 Å². The van der Waals surface area contributed by atoms with Crippen molar-refractivity contribution < 1.29 is 4.79 Å². The maximum Gasteiger partial charge on any atom is 0.254 e. The molecular formula is C15H19N3O. The maximum atomic E-state index is 12.3. The van der Waals surface area contributed by atoms with Crippen LogP contribution < -0.4 is 5.73 Å². The lowest BCUT2D eigenvalue weighted by Crippen LogP contribution is -2.48. The van der Waals surface area contributed by atoms with Gasteiger partial charge in [-0.3, -0.25) is 9.69 Å². The lowest BCUT2D eigenvalue weighted by molar-refractivity contribution is 0.0652. The van der Waals surface area contributed by atoms with E-state index >= 15 is 0 Å². The molecule has 1 aliphatic rings. The predicted octanol–water partition coefficient (Wildman–Crippen LogP) is 0.968. The molecule has 0 bridgehead atoms. The number of piperazine rings is 1. The number of nitrogens with two attached hydrogens (primary N) is 1. The number of nitrogen functional groups attached to an aromatic ring is 1. The van der Waals surface area contributed by atoms with Crippen molar-refractivity contribution in [2.45, 2.75) is 6.92 Å². The summed E-state index contributed by atoms with van der Waals surface area (Å²) >= 11 is 0. The summed E-state index contributed by atoms with van der Waals surface area (Å²) in [6.45, 7) is 5.68. The first-order chi connectivity index (χ1) is 9.11. The highest BCUT2D eigenvalue weighted by molar-refractivity contribution is 5.95. The highest BCUT2D eigenvalue weighted by Gasteiger charge is 2.21. The van der Waals surface area contributed by atoms with Crippen molar-refractivity contribution in [1.82, 2.24) is 9.80 Å². The Labute approximate surface area is 114 Å². The number of aryl methyl sites for hydroxylation is 1. The summed E-state index contributed by atoms with van der Waals surface area (Å²) < 4.78 is 0. The number of anilines is 1. The number of terminal acetylenes is 1. The summed E-state index contributed by atoms with van der Waals surface area (Å²) in [4.78, 5) is 16.4. The van der Waals surface area contributed by atoms with Crippen LogP contribution in [-0.4, -0.2) is 48.4 Å². The van der Waals surface area contributed by atoms with Crippen LogP contribution in [0.4, 0.5) is 5.69 Å². The van der Waals surface area contributed by atoms with Crippen molar-refractivity contribution >= 4 is 11.6 Å². The van der Waals surface area contributed by atoms with E-state index in [2.05, 4.69) is 10.8 Å². The van der Waals surface area contributed by atoms with Gasteiger partial charge in [-0.1, -0.05) is 12.0 Å². The first-order valence-electron chi connectivity index (χ1n) is 6.43. The van der Waals surface area contributed by atoms with Crippen LogP contribution in [0.5, 0.6) is 0 Å². The summed E-state index contributed by atoms with van der Waals surface area (Å²) in [6, 6.07) is 5.48. The van der Waals surface area contributed by atoms with Crippen LogP contribution in [0, 0.1) is 19.3 Å². The molecule has 1 heterocycles. The van der Waals surface area contributed by atoms with Gasteiger partial charge in [-0.2, -0.15) is 0 Å². The molecular weight excluding hydrogens is 238 g/mol. The van der Waals surface area contributed by atoms with E-state index in [9.17, 15) is 4.79 Å². The SMILES string of the molecule is C#CCN1CCN(C(=O)c2ccc(C)c(N)c2)CC1. The van der Waals surface area contributed by atoms with Gasteiger partial charge in [0.1, 0.15) is 0 Å². The first kappa shape index (κ1) is 13.4. The molecule has 0 radical (unpaired) electrons. The van der Waals surface area contributed by atoms with Gasteiger partial charge in [0.2, 0.25) is 0 Å². The highest BCUT2D eigenvalue weighted by Crippen LogP contribution is 2.15. The van der Waals surface area contributed by atoms with Crippen LogP contribution in [0.3, 0.4) is 0 Å². The molecule has 0 aromatic heterocycles. The zero-order valence-corrected chi connectivity index (χ0v) is 11.2. The van der Waals surface area contributed by atoms with E-state index in [0.29, 0.717) is 30.9 Å². The van der Waals surface area contributed by atoms with Crippen molar-refractivity contribution in [3.63, 3.8) is 0 Å². The molecule has 0 unspecified atom stereocenters. The summed E-state index contributed by atoms with van der Waals surface area (Å²) in [5, 5.41) is 0. The van der Waals surface area contributed by atoms with Crippen molar-refractivity contribution in [3.05, 3.63) is 29.3 Å². The molecule has 100 valence electrons. The third-order valence-corrected chi connectivity index (χ3v) is 3.50. The lowest BCUT2D eigenvalue weighted by atomic mass is 10.1. The zero-order chi connectivity index (χ0) is 13.8. The summed E-state index contributed by atoms with van der Waals surface area (Å²) in [7, 11) is 0. The van der Waals surface area contributed by atoms with Crippen LogP contribution in [0.15, 0.2) is 18.2 Å². The van der Waals surface area contributed by atoms with Crippen molar-refractivity contribution in [2.24, 2.45) is 0 Å². The quantitative estimate of drug-likeness (QED) is 0.634. The first-order valence-corrected chi connectivity index (χ1v) is 6.43. The molecule has 1 aliphatic heterocycles. The number of carbonyl (C=O) groups excluding carboxylic acids is 1. The second-order valence-corrected chi connectivity index (χ2v) is 4.84. The molecule has 4 nitrogen and oxygen atoms in total. The molecule has 19 heavy (non-hydrogen) atoms. The predicted molar refractivity (Wildman–Crippen MR) is 76.8 cm³/mol. The van der Waals surface area contributed by atoms with Gasteiger partial charge in [0.05, 0.1) is 6.54 Å². The molecule has 4 heteroatoms. The van der Waals surface area contributed by atoms with Gasteiger partial charge in [0.25, 0.3) is 5.91 Å². The smallest absolute Gasteiger partial charge is 0.254 e. The Morgan fingerprint density at radius 1 is 1.37 bits per heavy atom. The Morgan fingerprint density at radius 3 is 2.63 bits per heavy atom. The number of nitrogens with zero attached hydrogens (tertiary/aromatic N) is 2. The second kappa shape index (κ2) is 5.77. The standard InChI is InChI=1S/C15H19N3O/c1-3-6-17-7-9-18(10-8-17)15(19)13-5-4-12(2)14(16)11-13/h1,4-5,11H,6-10,16H2,2H3. The third kappa shape index (κ3) is 3.07. The molecule has 1 aromatic rings. The Morgan fingerprint density at radius 2 is 2.05 bits per heavy atom. The molecule has 0 saturated carbocycles. The van der Waals surface area contributed by atoms with Gasteiger partial charge >= 0.3 is 0 Å². The fourth-order valence-corrected chi connectivity index (χ4v) is 2.19. The highest BCUT2D eigenvalue weighted by atomic mass is 16.2. The van der Waals surface area contributed by atoms with E-state index in [-0.39, 0.29) is 5.91 Å². The van der Waals surface area contributed by atoms with E-state index in [0.717, 1.165) is 18.7 Å². The van der Waals surface area contributed by atoms with E-state index in [1.54, 1.807) is 6.07 Å². The fourth-order valence-electron chi connectivity index (χ4n) is 2.19. The fraction of sp³-hybridized carbons (Fsp3) is 0.400. The third-order valence-electron chi connectivity index (χ3n) is 3.50.